The number of benzene rings is 1. The predicted octanol–water partition coefficient (Wildman–Crippen LogP) is 5.05. The van der Waals surface area contributed by atoms with Crippen LogP contribution in [-0.4, -0.2) is 0 Å². The average molecular weight is 296 g/mol. The first-order chi connectivity index (χ1) is 8.24. The normalized spacial score (nSPS) is 13.8. The first-order valence-electron chi connectivity index (χ1n) is 4.61. The van der Waals surface area contributed by atoms with Gasteiger partial charge in [-0.3, -0.25) is 0 Å². The summed E-state index contributed by atoms with van der Waals surface area (Å²) in [6.07, 6.45) is -15.9. The predicted molar refractivity (Wildman–Crippen MR) is 46.2 cm³/mol. The summed E-state index contributed by atoms with van der Waals surface area (Å²) in [5.41, 5.74) is -7.17. The lowest BCUT2D eigenvalue weighted by molar-refractivity contribution is -0.149. The molecule has 0 unspecified atom stereocenters. The molecule has 0 bridgehead atoms. The zero-order chi connectivity index (χ0) is 15.2. The lowest BCUT2D eigenvalue weighted by atomic mass is 9.97. The molecular weight excluding hydrogens is 291 g/mol. The molecule has 1 rings (SSSR count). The lowest BCUT2D eigenvalue weighted by Crippen LogP contribution is -2.18. The summed E-state index contributed by atoms with van der Waals surface area (Å²) in [5.74, 6) is 0. The summed E-state index contributed by atoms with van der Waals surface area (Å²) in [5, 5.41) is 0. The Bertz CT molecular complexity index is 440. The quantitative estimate of drug-likeness (QED) is 0.588. The van der Waals surface area contributed by atoms with Crippen LogP contribution in [0.1, 0.15) is 22.3 Å². The van der Waals surface area contributed by atoms with E-state index in [0.29, 0.717) is 6.92 Å². The molecule has 0 aliphatic heterocycles. The zero-order valence-corrected chi connectivity index (χ0v) is 9.06. The summed E-state index contributed by atoms with van der Waals surface area (Å²) in [4.78, 5) is 0. The first kappa shape index (κ1) is 15.6. The molecule has 19 heavy (non-hydrogen) atoms. The zero-order valence-electron chi connectivity index (χ0n) is 9.06. The highest BCUT2D eigenvalue weighted by Gasteiger charge is 2.43. The van der Waals surface area contributed by atoms with Crippen LogP contribution in [0.3, 0.4) is 0 Å². The van der Waals surface area contributed by atoms with Crippen LogP contribution in [0.25, 0.3) is 0 Å². The van der Waals surface area contributed by atoms with Crippen molar-refractivity contribution < 1.29 is 39.5 Å². The minimum atomic E-state index is -5.30. The van der Waals surface area contributed by atoms with Gasteiger partial charge in [-0.1, -0.05) is 0 Å². The number of hydrogen-bond acceptors (Lipinski definition) is 0. The molecule has 0 spiro atoms. The van der Waals surface area contributed by atoms with Crippen LogP contribution in [0.4, 0.5) is 39.5 Å². The van der Waals surface area contributed by atoms with Crippen LogP contribution in [0.2, 0.25) is 0 Å². The SMILES string of the molecule is Cc1c(C(F)(F)F)cc(C(F)(F)F)cc1C(F)(F)F. The summed E-state index contributed by atoms with van der Waals surface area (Å²) in [6, 6.07) is -0.658. The van der Waals surface area contributed by atoms with Crippen molar-refractivity contribution in [2.45, 2.75) is 25.5 Å². The van der Waals surface area contributed by atoms with Crippen molar-refractivity contribution in [2.24, 2.45) is 0 Å². The largest absolute Gasteiger partial charge is 0.416 e. The molecule has 0 radical (unpaired) electrons. The highest BCUT2D eigenvalue weighted by atomic mass is 19.4. The molecule has 0 saturated carbocycles. The van der Waals surface area contributed by atoms with E-state index >= 15 is 0 Å². The smallest absolute Gasteiger partial charge is 0.166 e. The number of halogens is 9. The van der Waals surface area contributed by atoms with E-state index in [0.717, 1.165) is 0 Å². The molecule has 0 fully saturated rings. The molecule has 1 aromatic rings. The van der Waals surface area contributed by atoms with Crippen molar-refractivity contribution in [3.8, 4) is 0 Å². The highest BCUT2D eigenvalue weighted by molar-refractivity contribution is 5.42. The van der Waals surface area contributed by atoms with Crippen molar-refractivity contribution in [2.75, 3.05) is 0 Å². The van der Waals surface area contributed by atoms with Gasteiger partial charge in [-0.15, -0.1) is 0 Å². The number of hydrogen-bond donors (Lipinski definition) is 0. The fourth-order valence-electron chi connectivity index (χ4n) is 1.47. The van der Waals surface area contributed by atoms with Gasteiger partial charge in [0.2, 0.25) is 0 Å². The summed E-state index contributed by atoms with van der Waals surface area (Å²) in [7, 11) is 0. The lowest BCUT2D eigenvalue weighted by Gasteiger charge is -2.19. The molecule has 0 aromatic heterocycles. The minimum Gasteiger partial charge on any atom is -0.166 e. The van der Waals surface area contributed by atoms with Gasteiger partial charge in [-0.2, -0.15) is 39.5 Å². The molecule has 108 valence electrons. The Hall–Kier alpha value is -1.41. The number of rotatable bonds is 0. The molecule has 0 heterocycles. The highest BCUT2D eigenvalue weighted by Crippen LogP contribution is 2.42. The van der Waals surface area contributed by atoms with Gasteiger partial charge in [0, 0.05) is 0 Å². The van der Waals surface area contributed by atoms with E-state index in [1.807, 2.05) is 0 Å². The Morgan fingerprint density at radius 2 is 0.947 bits per heavy atom. The number of alkyl halides is 9. The Morgan fingerprint density at radius 3 is 1.16 bits per heavy atom. The molecule has 1 aromatic carbocycles. The van der Waals surface area contributed by atoms with E-state index in [-0.39, 0.29) is 12.1 Å². The van der Waals surface area contributed by atoms with Crippen LogP contribution in [0.5, 0.6) is 0 Å². The Kier molecular flexibility index (Phi) is 3.55. The average Bonchev–Trinajstić information content (AvgIpc) is 2.11. The van der Waals surface area contributed by atoms with Gasteiger partial charge in [0.15, 0.2) is 0 Å². The molecule has 0 N–H and O–H groups in total. The maximum atomic E-state index is 12.5. The standard InChI is InChI=1S/C10H5F9/c1-4-6(9(14,15)16)2-5(8(11,12)13)3-7(4)10(17,18)19/h2-3H,1H3. The topological polar surface area (TPSA) is 0 Å². The third kappa shape index (κ3) is 3.32. The van der Waals surface area contributed by atoms with Crippen LogP contribution in [0, 0.1) is 6.92 Å². The molecule has 0 aliphatic carbocycles. The maximum absolute atomic E-state index is 12.5. The monoisotopic (exact) mass is 296 g/mol. The van der Waals surface area contributed by atoms with E-state index in [1.165, 1.54) is 0 Å². The van der Waals surface area contributed by atoms with Crippen LogP contribution in [-0.2, 0) is 18.5 Å². The third-order valence-electron chi connectivity index (χ3n) is 2.35. The van der Waals surface area contributed by atoms with Gasteiger partial charge in [-0.25, -0.2) is 0 Å². The minimum absolute atomic E-state index is 0.329. The van der Waals surface area contributed by atoms with Crippen LogP contribution < -0.4 is 0 Å². The van der Waals surface area contributed by atoms with Crippen molar-refractivity contribution in [3.63, 3.8) is 0 Å². The van der Waals surface area contributed by atoms with Gasteiger partial charge < -0.3 is 0 Å². The van der Waals surface area contributed by atoms with Gasteiger partial charge in [0.05, 0.1) is 16.7 Å². The van der Waals surface area contributed by atoms with Gasteiger partial charge in [0.1, 0.15) is 0 Å². The molecule has 0 saturated heterocycles. The van der Waals surface area contributed by atoms with Crippen molar-refractivity contribution in [1.82, 2.24) is 0 Å². The second kappa shape index (κ2) is 4.31. The van der Waals surface area contributed by atoms with Crippen molar-refractivity contribution >= 4 is 0 Å². The maximum Gasteiger partial charge on any atom is 0.416 e. The van der Waals surface area contributed by atoms with Gasteiger partial charge in [-0.05, 0) is 24.6 Å². The van der Waals surface area contributed by atoms with E-state index in [2.05, 4.69) is 0 Å². The Morgan fingerprint density at radius 1 is 0.632 bits per heavy atom. The molecule has 0 amide bonds. The van der Waals surface area contributed by atoms with Crippen molar-refractivity contribution in [3.05, 3.63) is 34.4 Å². The summed E-state index contributed by atoms with van der Waals surface area (Å²) in [6.45, 7) is 0.478. The fraction of sp³-hybridized carbons (Fsp3) is 0.400. The Balaban J connectivity index is 3.68. The summed E-state index contributed by atoms with van der Waals surface area (Å²) < 4.78 is 112. The Labute approximate surface area is 100 Å². The third-order valence-corrected chi connectivity index (χ3v) is 2.35. The molecule has 0 atom stereocenters. The van der Waals surface area contributed by atoms with E-state index < -0.39 is 40.8 Å². The fourth-order valence-corrected chi connectivity index (χ4v) is 1.47. The first-order valence-corrected chi connectivity index (χ1v) is 4.61. The van der Waals surface area contributed by atoms with Gasteiger partial charge in [0.25, 0.3) is 0 Å². The van der Waals surface area contributed by atoms with Crippen LogP contribution in [0.15, 0.2) is 12.1 Å². The van der Waals surface area contributed by atoms with Gasteiger partial charge >= 0.3 is 18.5 Å². The van der Waals surface area contributed by atoms with E-state index in [1.54, 1.807) is 0 Å². The van der Waals surface area contributed by atoms with E-state index in [4.69, 9.17) is 0 Å². The molecular formula is C10H5F9. The second-order valence-corrected chi connectivity index (χ2v) is 3.69. The van der Waals surface area contributed by atoms with Crippen LogP contribution >= 0.6 is 0 Å². The van der Waals surface area contributed by atoms with E-state index in [9.17, 15) is 39.5 Å². The van der Waals surface area contributed by atoms with Crippen molar-refractivity contribution in [1.29, 1.82) is 0 Å². The summed E-state index contributed by atoms with van der Waals surface area (Å²) >= 11 is 0. The second-order valence-electron chi connectivity index (χ2n) is 3.69. The molecule has 0 nitrogen and oxygen atoms in total. The molecule has 0 aliphatic rings. The molecule has 9 heteroatoms.